The molecule has 0 aromatic heterocycles. The average molecular weight is 271 g/mol. The van der Waals surface area contributed by atoms with Crippen LogP contribution in [0.25, 0.3) is 0 Å². The van der Waals surface area contributed by atoms with Gasteiger partial charge in [0, 0.05) is 19.7 Å². The summed E-state index contributed by atoms with van der Waals surface area (Å²) in [5.41, 5.74) is 4.90. The first-order chi connectivity index (χ1) is 8.14. The predicted molar refractivity (Wildman–Crippen MR) is 64.4 cm³/mol. The summed E-state index contributed by atoms with van der Waals surface area (Å²) in [6.45, 7) is 0. The number of hydrogen-bond acceptors (Lipinski definition) is 4. The van der Waals surface area contributed by atoms with Crippen molar-refractivity contribution in [3.8, 4) is 0 Å². The largest absolute Gasteiger partial charge is 0.366 e. The van der Waals surface area contributed by atoms with Gasteiger partial charge < -0.3 is 10.6 Å². The maximum absolute atomic E-state index is 11.8. The molecular weight excluding hydrogens is 258 g/mol. The fraction of sp³-hybridized carbons (Fsp3) is 0.200. The fourth-order valence-electron chi connectivity index (χ4n) is 1.33. The molecule has 7 nitrogen and oxygen atoms in total. The lowest BCUT2D eigenvalue weighted by Crippen LogP contribution is -2.26. The predicted octanol–water partition coefficient (Wildman–Crippen LogP) is -0.865. The smallest absolute Gasteiger partial charge is 0.254 e. The third-order valence-electron chi connectivity index (χ3n) is 2.21. The van der Waals surface area contributed by atoms with Gasteiger partial charge in [-0.05, 0) is 18.2 Å². The van der Waals surface area contributed by atoms with E-state index in [0.29, 0.717) is 0 Å². The molecule has 0 aliphatic rings. The number of nitrogens with zero attached hydrogens (tertiary/aromatic N) is 1. The van der Waals surface area contributed by atoms with Crippen molar-refractivity contribution in [2.75, 3.05) is 14.1 Å². The van der Waals surface area contributed by atoms with Crippen LogP contribution in [0, 0.1) is 0 Å². The normalized spacial score (nSPS) is 11.1. The van der Waals surface area contributed by atoms with Gasteiger partial charge in [0.05, 0.1) is 10.5 Å². The minimum Gasteiger partial charge on any atom is -0.366 e. The van der Waals surface area contributed by atoms with Crippen LogP contribution in [0.15, 0.2) is 23.1 Å². The fourth-order valence-corrected chi connectivity index (χ4v) is 2.08. The molecule has 2 amide bonds. The van der Waals surface area contributed by atoms with Crippen molar-refractivity contribution >= 4 is 21.8 Å². The van der Waals surface area contributed by atoms with Crippen LogP contribution in [0.5, 0.6) is 0 Å². The van der Waals surface area contributed by atoms with Crippen LogP contribution in [-0.4, -0.2) is 39.2 Å². The van der Waals surface area contributed by atoms with Crippen molar-refractivity contribution in [2.24, 2.45) is 10.9 Å². The maximum Gasteiger partial charge on any atom is 0.254 e. The molecule has 0 aliphatic heterocycles. The van der Waals surface area contributed by atoms with Crippen molar-refractivity contribution in [1.82, 2.24) is 4.90 Å². The van der Waals surface area contributed by atoms with E-state index >= 15 is 0 Å². The summed E-state index contributed by atoms with van der Waals surface area (Å²) in [7, 11) is -1.18. The highest BCUT2D eigenvalue weighted by Crippen LogP contribution is 2.17. The Hall–Kier alpha value is -1.93. The molecule has 0 radical (unpaired) electrons. The molecule has 1 rings (SSSR count). The van der Waals surface area contributed by atoms with E-state index in [9.17, 15) is 18.0 Å². The number of sulfonamides is 1. The molecule has 98 valence electrons. The molecule has 0 saturated carbocycles. The van der Waals surface area contributed by atoms with Crippen molar-refractivity contribution in [2.45, 2.75) is 4.90 Å². The van der Waals surface area contributed by atoms with E-state index in [2.05, 4.69) is 0 Å². The van der Waals surface area contributed by atoms with Crippen molar-refractivity contribution in [3.63, 3.8) is 0 Å². The minimum absolute atomic E-state index is 0.0330. The topological polar surface area (TPSA) is 124 Å². The number of carbonyl (C=O) groups is 2. The van der Waals surface area contributed by atoms with E-state index < -0.39 is 26.7 Å². The monoisotopic (exact) mass is 271 g/mol. The van der Waals surface area contributed by atoms with Crippen LogP contribution in [0.4, 0.5) is 0 Å². The number of amides is 2. The van der Waals surface area contributed by atoms with Gasteiger partial charge in [-0.1, -0.05) is 0 Å². The molecule has 0 heterocycles. The first-order valence-corrected chi connectivity index (χ1v) is 6.37. The lowest BCUT2D eigenvalue weighted by atomic mass is 10.1. The van der Waals surface area contributed by atoms with Crippen LogP contribution in [0.3, 0.4) is 0 Å². The maximum atomic E-state index is 11.8. The molecule has 8 heteroatoms. The Kier molecular flexibility index (Phi) is 3.73. The van der Waals surface area contributed by atoms with Crippen molar-refractivity contribution in [3.05, 3.63) is 29.3 Å². The first kappa shape index (κ1) is 14.1. The Morgan fingerprint density at radius 2 is 1.78 bits per heavy atom. The van der Waals surface area contributed by atoms with Gasteiger partial charge in [-0.3, -0.25) is 9.59 Å². The number of hydrogen-bond donors (Lipinski definition) is 2. The van der Waals surface area contributed by atoms with Gasteiger partial charge in [-0.2, -0.15) is 0 Å². The second kappa shape index (κ2) is 4.75. The zero-order chi connectivity index (χ0) is 14.1. The van der Waals surface area contributed by atoms with Crippen LogP contribution < -0.4 is 10.9 Å². The second-order valence-electron chi connectivity index (χ2n) is 3.82. The molecular formula is C10H13N3O4S. The van der Waals surface area contributed by atoms with Gasteiger partial charge in [-0.15, -0.1) is 0 Å². The third kappa shape index (κ3) is 2.84. The Morgan fingerprint density at radius 3 is 2.17 bits per heavy atom. The zero-order valence-corrected chi connectivity index (χ0v) is 10.7. The van der Waals surface area contributed by atoms with Crippen LogP contribution in [-0.2, 0) is 10.0 Å². The summed E-state index contributed by atoms with van der Waals surface area (Å²) >= 11 is 0. The number of nitrogens with two attached hydrogens (primary N) is 2. The molecule has 0 aliphatic carbocycles. The lowest BCUT2D eigenvalue weighted by Gasteiger charge is -2.13. The molecule has 0 saturated heterocycles. The Bertz CT molecular complexity index is 608. The molecule has 0 fully saturated rings. The molecule has 0 spiro atoms. The molecule has 1 aromatic rings. The van der Waals surface area contributed by atoms with E-state index in [1.165, 1.54) is 31.1 Å². The van der Waals surface area contributed by atoms with Crippen LogP contribution in [0.1, 0.15) is 20.7 Å². The summed E-state index contributed by atoms with van der Waals surface area (Å²) in [6, 6.07) is 3.48. The summed E-state index contributed by atoms with van der Waals surface area (Å²) in [5.74, 6) is -1.33. The van der Waals surface area contributed by atoms with E-state index in [4.69, 9.17) is 10.9 Å². The highest BCUT2D eigenvalue weighted by atomic mass is 32.2. The van der Waals surface area contributed by atoms with Crippen molar-refractivity contribution < 1.29 is 18.0 Å². The van der Waals surface area contributed by atoms with Gasteiger partial charge in [0.1, 0.15) is 0 Å². The summed E-state index contributed by atoms with van der Waals surface area (Å²) in [5, 5.41) is 5.01. The van der Waals surface area contributed by atoms with E-state index in [1.807, 2.05) is 0 Å². The van der Waals surface area contributed by atoms with Gasteiger partial charge in [-0.25, -0.2) is 13.6 Å². The number of carbonyl (C=O) groups excluding carboxylic acids is 2. The molecule has 1 aromatic carbocycles. The Labute approximate surface area is 104 Å². The highest BCUT2D eigenvalue weighted by molar-refractivity contribution is 7.89. The molecule has 0 unspecified atom stereocenters. The summed E-state index contributed by atoms with van der Waals surface area (Å²) in [4.78, 5) is 23.6. The molecule has 0 bridgehead atoms. The number of benzene rings is 1. The molecule has 18 heavy (non-hydrogen) atoms. The van der Waals surface area contributed by atoms with Crippen LogP contribution in [0.2, 0.25) is 0 Å². The average Bonchev–Trinajstić information content (AvgIpc) is 2.25. The van der Waals surface area contributed by atoms with Crippen molar-refractivity contribution in [1.29, 1.82) is 0 Å². The van der Waals surface area contributed by atoms with E-state index in [-0.39, 0.29) is 11.1 Å². The first-order valence-electron chi connectivity index (χ1n) is 4.83. The Balaban J connectivity index is 3.54. The summed E-state index contributed by atoms with van der Waals surface area (Å²) in [6.07, 6.45) is 0. The molecule has 0 atom stereocenters. The number of primary sulfonamides is 1. The Morgan fingerprint density at radius 1 is 1.22 bits per heavy atom. The quantitative estimate of drug-likeness (QED) is 0.741. The van der Waals surface area contributed by atoms with Crippen LogP contribution >= 0.6 is 0 Å². The van der Waals surface area contributed by atoms with E-state index in [0.717, 1.165) is 6.07 Å². The lowest BCUT2D eigenvalue weighted by molar-refractivity contribution is 0.0823. The van der Waals surface area contributed by atoms with Gasteiger partial charge in [0.25, 0.3) is 5.91 Å². The van der Waals surface area contributed by atoms with Gasteiger partial charge >= 0.3 is 0 Å². The SMILES string of the molecule is CN(C)C(=O)c1ccc(C(N)=O)cc1S(N)(=O)=O. The third-order valence-corrected chi connectivity index (χ3v) is 3.16. The molecule has 4 N–H and O–H groups in total. The minimum atomic E-state index is -4.12. The highest BCUT2D eigenvalue weighted by Gasteiger charge is 2.21. The number of primary amides is 1. The number of rotatable bonds is 3. The standard InChI is InChI=1S/C10H13N3O4S/c1-13(2)10(15)7-4-3-6(9(11)14)5-8(7)18(12,16)17/h3-5H,1-2H3,(H2,11,14)(H2,12,16,17). The van der Waals surface area contributed by atoms with Gasteiger partial charge in [0.15, 0.2) is 0 Å². The van der Waals surface area contributed by atoms with Gasteiger partial charge in [0.2, 0.25) is 15.9 Å². The zero-order valence-electron chi connectivity index (χ0n) is 9.88. The van der Waals surface area contributed by atoms with E-state index in [1.54, 1.807) is 0 Å². The summed E-state index contributed by atoms with van der Waals surface area (Å²) < 4.78 is 22.8. The second-order valence-corrected chi connectivity index (χ2v) is 5.35.